The van der Waals surface area contributed by atoms with Crippen molar-refractivity contribution < 1.29 is 5.11 Å². The molecule has 3 heteroatoms. The van der Waals surface area contributed by atoms with Crippen LogP contribution in [-0.2, 0) is 6.42 Å². The summed E-state index contributed by atoms with van der Waals surface area (Å²) in [6.07, 6.45) is 1.60. The summed E-state index contributed by atoms with van der Waals surface area (Å²) in [5, 5.41) is 10.2. The zero-order chi connectivity index (χ0) is 9.26. The second-order valence-corrected chi connectivity index (χ2v) is 3.13. The molecule has 0 aliphatic carbocycles. The van der Waals surface area contributed by atoms with E-state index in [0.717, 1.165) is 16.5 Å². The van der Waals surface area contributed by atoms with E-state index in [9.17, 15) is 0 Å². The standard InChI is InChI=1S/C10H12N2O/c11-10(13)5-7-6-12-9-4-2-1-3-8(7)9/h1-4,6,10,12-13H,5,11H2. The molecule has 68 valence electrons. The molecule has 2 rings (SSSR count). The molecular formula is C10H12N2O. The number of para-hydroxylation sites is 1. The van der Waals surface area contributed by atoms with Gasteiger partial charge in [0.2, 0.25) is 0 Å². The number of nitrogens with two attached hydrogens (primary N) is 1. The number of aliphatic hydroxyl groups excluding tert-OH is 1. The number of nitrogens with one attached hydrogen (secondary N) is 1. The third-order valence-corrected chi connectivity index (χ3v) is 2.10. The topological polar surface area (TPSA) is 62.0 Å². The van der Waals surface area contributed by atoms with Crippen molar-refractivity contribution in [2.45, 2.75) is 12.6 Å². The molecule has 2 aromatic rings. The smallest absolute Gasteiger partial charge is 0.106 e. The van der Waals surface area contributed by atoms with Gasteiger partial charge in [-0.3, -0.25) is 0 Å². The fourth-order valence-electron chi connectivity index (χ4n) is 1.53. The van der Waals surface area contributed by atoms with Gasteiger partial charge in [0.1, 0.15) is 6.23 Å². The minimum atomic E-state index is -0.779. The summed E-state index contributed by atoms with van der Waals surface area (Å²) in [4.78, 5) is 3.13. The van der Waals surface area contributed by atoms with E-state index in [2.05, 4.69) is 4.98 Å². The Hall–Kier alpha value is -1.32. The lowest BCUT2D eigenvalue weighted by atomic mass is 10.1. The Morgan fingerprint density at radius 1 is 1.38 bits per heavy atom. The SMILES string of the molecule is NC(O)Cc1c[nH]c2ccccc12. The van der Waals surface area contributed by atoms with Gasteiger partial charge in [-0.15, -0.1) is 0 Å². The first-order valence-electron chi connectivity index (χ1n) is 4.26. The fourth-order valence-corrected chi connectivity index (χ4v) is 1.53. The highest BCUT2D eigenvalue weighted by molar-refractivity contribution is 5.83. The number of aliphatic hydroxyl groups is 1. The van der Waals surface area contributed by atoms with Gasteiger partial charge in [-0.1, -0.05) is 18.2 Å². The van der Waals surface area contributed by atoms with Gasteiger partial charge < -0.3 is 15.8 Å². The zero-order valence-electron chi connectivity index (χ0n) is 7.20. The Labute approximate surface area is 76.2 Å². The van der Waals surface area contributed by atoms with Gasteiger partial charge in [-0.05, 0) is 11.6 Å². The molecule has 13 heavy (non-hydrogen) atoms. The summed E-state index contributed by atoms with van der Waals surface area (Å²) in [7, 11) is 0. The maximum atomic E-state index is 9.05. The van der Waals surface area contributed by atoms with Crippen molar-refractivity contribution in [2.24, 2.45) is 5.73 Å². The molecule has 0 amide bonds. The van der Waals surface area contributed by atoms with Crippen LogP contribution in [0.5, 0.6) is 0 Å². The first kappa shape index (κ1) is 8.29. The van der Waals surface area contributed by atoms with Gasteiger partial charge in [0.15, 0.2) is 0 Å². The highest BCUT2D eigenvalue weighted by atomic mass is 16.3. The Morgan fingerprint density at radius 3 is 2.92 bits per heavy atom. The maximum absolute atomic E-state index is 9.05. The molecular weight excluding hydrogens is 164 g/mol. The maximum Gasteiger partial charge on any atom is 0.106 e. The van der Waals surface area contributed by atoms with Crippen molar-refractivity contribution in [2.75, 3.05) is 0 Å². The number of aromatic nitrogens is 1. The third kappa shape index (κ3) is 1.56. The summed E-state index contributed by atoms with van der Waals surface area (Å²) in [6, 6.07) is 7.97. The lowest BCUT2D eigenvalue weighted by Gasteiger charge is -2.01. The Balaban J connectivity index is 2.46. The van der Waals surface area contributed by atoms with E-state index < -0.39 is 6.23 Å². The first-order chi connectivity index (χ1) is 6.27. The van der Waals surface area contributed by atoms with E-state index in [1.165, 1.54) is 0 Å². The minimum Gasteiger partial charge on any atom is -0.378 e. The average Bonchev–Trinajstić information content (AvgIpc) is 2.48. The quantitative estimate of drug-likeness (QED) is 0.597. The molecule has 1 atom stereocenters. The van der Waals surface area contributed by atoms with Gasteiger partial charge in [-0.25, -0.2) is 0 Å². The molecule has 0 radical (unpaired) electrons. The molecule has 0 bridgehead atoms. The Kier molecular flexibility index (Phi) is 2.04. The highest BCUT2D eigenvalue weighted by Crippen LogP contribution is 2.18. The Bertz CT molecular complexity index is 406. The molecule has 0 saturated carbocycles. The Morgan fingerprint density at radius 2 is 2.15 bits per heavy atom. The van der Waals surface area contributed by atoms with E-state index in [-0.39, 0.29) is 0 Å². The summed E-state index contributed by atoms with van der Waals surface area (Å²) in [6.45, 7) is 0. The van der Waals surface area contributed by atoms with Crippen molar-refractivity contribution in [3.63, 3.8) is 0 Å². The van der Waals surface area contributed by atoms with Gasteiger partial charge in [0.25, 0.3) is 0 Å². The van der Waals surface area contributed by atoms with Crippen molar-refractivity contribution >= 4 is 10.9 Å². The molecule has 1 unspecified atom stereocenters. The van der Waals surface area contributed by atoms with Crippen molar-refractivity contribution in [3.05, 3.63) is 36.0 Å². The van der Waals surface area contributed by atoms with E-state index >= 15 is 0 Å². The lowest BCUT2D eigenvalue weighted by molar-refractivity contribution is 0.183. The van der Waals surface area contributed by atoms with E-state index in [4.69, 9.17) is 10.8 Å². The van der Waals surface area contributed by atoms with Crippen LogP contribution >= 0.6 is 0 Å². The van der Waals surface area contributed by atoms with E-state index in [1.807, 2.05) is 30.5 Å². The van der Waals surface area contributed by atoms with E-state index in [0.29, 0.717) is 6.42 Å². The average molecular weight is 176 g/mol. The van der Waals surface area contributed by atoms with Crippen LogP contribution in [0.25, 0.3) is 10.9 Å². The summed E-state index contributed by atoms with van der Waals surface area (Å²) in [5.74, 6) is 0. The van der Waals surface area contributed by atoms with Crippen LogP contribution in [0.15, 0.2) is 30.5 Å². The third-order valence-electron chi connectivity index (χ3n) is 2.10. The summed E-state index contributed by atoms with van der Waals surface area (Å²) < 4.78 is 0. The minimum absolute atomic E-state index is 0.490. The monoisotopic (exact) mass is 176 g/mol. The summed E-state index contributed by atoms with van der Waals surface area (Å²) >= 11 is 0. The molecule has 3 nitrogen and oxygen atoms in total. The normalized spacial score (nSPS) is 13.4. The molecule has 0 saturated heterocycles. The number of aromatic amines is 1. The predicted molar refractivity (Wildman–Crippen MR) is 52.2 cm³/mol. The molecule has 1 heterocycles. The second-order valence-electron chi connectivity index (χ2n) is 3.13. The van der Waals surface area contributed by atoms with Crippen LogP contribution in [0.4, 0.5) is 0 Å². The molecule has 0 fully saturated rings. The number of hydrogen-bond donors (Lipinski definition) is 3. The molecule has 4 N–H and O–H groups in total. The fraction of sp³-hybridized carbons (Fsp3) is 0.200. The predicted octanol–water partition coefficient (Wildman–Crippen LogP) is 0.987. The first-order valence-corrected chi connectivity index (χ1v) is 4.26. The van der Waals surface area contributed by atoms with Gasteiger partial charge in [0, 0.05) is 23.5 Å². The van der Waals surface area contributed by atoms with Gasteiger partial charge in [0.05, 0.1) is 0 Å². The number of fused-ring (bicyclic) bond motifs is 1. The second kappa shape index (κ2) is 3.20. The lowest BCUT2D eigenvalue weighted by Crippen LogP contribution is -2.21. The van der Waals surface area contributed by atoms with Gasteiger partial charge >= 0.3 is 0 Å². The largest absolute Gasteiger partial charge is 0.378 e. The number of hydrogen-bond acceptors (Lipinski definition) is 2. The molecule has 1 aromatic carbocycles. The molecule has 1 aromatic heterocycles. The molecule has 0 spiro atoms. The van der Waals surface area contributed by atoms with Crippen molar-refractivity contribution in [1.82, 2.24) is 4.98 Å². The van der Waals surface area contributed by atoms with Crippen LogP contribution in [0, 0.1) is 0 Å². The summed E-state index contributed by atoms with van der Waals surface area (Å²) in [5.41, 5.74) is 7.46. The van der Waals surface area contributed by atoms with Gasteiger partial charge in [-0.2, -0.15) is 0 Å². The van der Waals surface area contributed by atoms with Crippen LogP contribution < -0.4 is 5.73 Å². The molecule has 0 aliphatic rings. The van der Waals surface area contributed by atoms with Crippen molar-refractivity contribution in [1.29, 1.82) is 0 Å². The van der Waals surface area contributed by atoms with Crippen LogP contribution in [0.2, 0.25) is 0 Å². The van der Waals surface area contributed by atoms with Crippen LogP contribution in [-0.4, -0.2) is 16.3 Å². The van der Waals surface area contributed by atoms with Crippen LogP contribution in [0.1, 0.15) is 5.56 Å². The van der Waals surface area contributed by atoms with Crippen LogP contribution in [0.3, 0.4) is 0 Å². The number of H-pyrrole nitrogens is 1. The zero-order valence-corrected chi connectivity index (χ0v) is 7.20. The highest BCUT2D eigenvalue weighted by Gasteiger charge is 2.04. The number of rotatable bonds is 2. The van der Waals surface area contributed by atoms with Crippen molar-refractivity contribution in [3.8, 4) is 0 Å². The number of benzene rings is 1. The van der Waals surface area contributed by atoms with E-state index in [1.54, 1.807) is 0 Å². The molecule has 0 aliphatic heterocycles.